The van der Waals surface area contributed by atoms with Crippen LogP contribution in [0.1, 0.15) is 39.5 Å². The predicted molar refractivity (Wildman–Crippen MR) is 51.1 cm³/mol. The van der Waals surface area contributed by atoms with E-state index in [1.807, 2.05) is 0 Å². The van der Waals surface area contributed by atoms with Crippen molar-refractivity contribution in [3.05, 3.63) is 0 Å². The van der Waals surface area contributed by atoms with Gasteiger partial charge in [0.05, 0.1) is 0 Å². The zero-order valence-electron chi connectivity index (χ0n) is 7.26. The maximum absolute atomic E-state index is 10.6. The normalized spacial score (nSPS) is 10.2. The third-order valence-electron chi connectivity index (χ3n) is 1.60. The van der Waals surface area contributed by atoms with Gasteiger partial charge in [-0.15, -0.1) is 0 Å². The fraction of sp³-hybridized carbons (Fsp3) is 0.875. The summed E-state index contributed by atoms with van der Waals surface area (Å²) >= 11 is 3.67. The molecule has 0 aromatic heterocycles. The summed E-state index contributed by atoms with van der Waals surface area (Å²) in [5.41, 5.74) is 0. The SMILES string of the molecule is CCCC(CCC)NC(=O)S. The van der Waals surface area contributed by atoms with Gasteiger partial charge in [0.2, 0.25) is 0 Å². The summed E-state index contributed by atoms with van der Waals surface area (Å²) in [6, 6.07) is 0.329. The van der Waals surface area contributed by atoms with Gasteiger partial charge in [0.1, 0.15) is 0 Å². The molecule has 0 saturated carbocycles. The van der Waals surface area contributed by atoms with E-state index in [-0.39, 0.29) is 5.24 Å². The fourth-order valence-electron chi connectivity index (χ4n) is 1.16. The third kappa shape index (κ3) is 6.23. The van der Waals surface area contributed by atoms with Crippen LogP contribution in [-0.4, -0.2) is 11.3 Å². The first-order chi connectivity index (χ1) is 5.20. The predicted octanol–water partition coefficient (Wildman–Crippen LogP) is 2.59. The Balaban J connectivity index is 3.59. The van der Waals surface area contributed by atoms with E-state index in [9.17, 15) is 4.79 Å². The van der Waals surface area contributed by atoms with Crippen LogP contribution in [0.4, 0.5) is 4.79 Å². The van der Waals surface area contributed by atoms with E-state index in [2.05, 4.69) is 31.8 Å². The Hall–Kier alpha value is -0.180. The Bertz CT molecular complexity index is 111. The first kappa shape index (κ1) is 10.8. The topological polar surface area (TPSA) is 29.1 Å². The van der Waals surface area contributed by atoms with E-state index in [4.69, 9.17) is 0 Å². The molecule has 0 fully saturated rings. The molecule has 0 rings (SSSR count). The molecule has 0 saturated heterocycles. The Labute approximate surface area is 74.2 Å². The van der Waals surface area contributed by atoms with Crippen molar-refractivity contribution >= 4 is 17.9 Å². The van der Waals surface area contributed by atoms with Gasteiger partial charge < -0.3 is 5.32 Å². The lowest BCUT2D eigenvalue weighted by atomic mass is 10.1. The average Bonchev–Trinajstić information content (AvgIpc) is 1.87. The first-order valence-electron chi connectivity index (χ1n) is 4.20. The van der Waals surface area contributed by atoms with Crippen LogP contribution in [0.15, 0.2) is 0 Å². The van der Waals surface area contributed by atoms with E-state index < -0.39 is 0 Å². The first-order valence-corrected chi connectivity index (χ1v) is 4.64. The van der Waals surface area contributed by atoms with E-state index in [1.165, 1.54) is 0 Å². The number of hydrogen-bond donors (Lipinski definition) is 2. The van der Waals surface area contributed by atoms with E-state index in [1.54, 1.807) is 0 Å². The van der Waals surface area contributed by atoms with Gasteiger partial charge in [-0.05, 0) is 12.8 Å². The summed E-state index contributed by atoms with van der Waals surface area (Å²) in [7, 11) is 0. The van der Waals surface area contributed by atoms with Crippen LogP contribution in [0.2, 0.25) is 0 Å². The second-order valence-corrected chi connectivity index (χ2v) is 3.13. The summed E-state index contributed by atoms with van der Waals surface area (Å²) in [6.45, 7) is 4.24. The van der Waals surface area contributed by atoms with Gasteiger partial charge in [-0.3, -0.25) is 4.79 Å². The number of rotatable bonds is 5. The Morgan fingerprint density at radius 2 is 1.82 bits per heavy atom. The van der Waals surface area contributed by atoms with Gasteiger partial charge in [0, 0.05) is 6.04 Å². The molecule has 2 nitrogen and oxygen atoms in total. The molecular weight excluding hydrogens is 158 g/mol. The molecule has 0 aliphatic carbocycles. The van der Waals surface area contributed by atoms with Crippen molar-refractivity contribution in [1.82, 2.24) is 5.32 Å². The molecular formula is C8H17NOS. The summed E-state index contributed by atoms with van der Waals surface area (Å²) in [6.07, 6.45) is 4.33. The van der Waals surface area contributed by atoms with Crippen LogP contribution in [-0.2, 0) is 0 Å². The van der Waals surface area contributed by atoms with Crippen LogP contribution in [0.3, 0.4) is 0 Å². The van der Waals surface area contributed by atoms with E-state index in [0.29, 0.717) is 6.04 Å². The zero-order chi connectivity index (χ0) is 8.69. The highest BCUT2D eigenvalue weighted by Gasteiger charge is 2.06. The number of nitrogens with one attached hydrogen (secondary N) is 1. The Morgan fingerprint density at radius 3 is 2.09 bits per heavy atom. The maximum atomic E-state index is 10.6. The van der Waals surface area contributed by atoms with Gasteiger partial charge in [0.25, 0.3) is 5.24 Å². The van der Waals surface area contributed by atoms with Gasteiger partial charge in [-0.1, -0.05) is 39.3 Å². The number of amides is 1. The molecule has 1 amide bonds. The quantitative estimate of drug-likeness (QED) is 0.618. The second-order valence-electron chi connectivity index (χ2n) is 2.72. The van der Waals surface area contributed by atoms with Crippen LogP contribution in [0.25, 0.3) is 0 Å². The molecule has 3 heteroatoms. The molecule has 0 aromatic carbocycles. The van der Waals surface area contributed by atoms with Crippen molar-refractivity contribution in [3.8, 4) is 0 Å². The number of hydrogen-bond acceptors (Lipinski definition) is 1. The van der Waals surface area contributed by atoms with Crippen molar-refractivity contribution in [2.75, 3.05) is 0 Å². The van der Waals surface area contributed by atoms with Gasteiger partial charge in [-0.2, -0.15) is 0 Å². The van der Waals surface area contributed by atoms with Crippen LogP contribution >= 0.6 is 12.6 Å². The van der Waals surface area contributed by atoms with Gasteiger partial charge in [0.15, 0.2) is 0 Å². The van der Waals surface area contributed by atoms with E-state index in [0.717, 1.165) is 25.7 Å². The second kappa shape index (κ2) is 6.53. The van der Waals surface area contributed by atoms with Crippen molar-refractivity contribution in [1.29, 1.82) is 0 Å². The van der Waals surface area contributed by atoms with Crippen molar-refractivity contribution in [3.63, 3.8) is 0 Å². The average molecular weight is 175 g/mol. The molecule has 0 unspecified atom stereocenters. The lowest BCUT2D eigenvalue weighted by molar-refractivity contribution is 0.256. The molecule has 0 aliphatic rings. The smallest absolute Gasteiger partial charge is 0.276 e. The lowest BCUT2D eigenvalue weighted by Gasteiger charge is -2.14. The monoisotopic (exact) mass is 175 g/mol. The molecule has 11 heavy (non-hydrogen) atoms. The molecule has 0 aromatic rings. The molecule has 0 bridgehead atoms. The summed E-state index contributed by atoms with van der Waals surface area (Å²) in [5.74, 6) is 0. The highest BCUT2D eigenvalue weighted by atomic mass is 32.1. The highest BCUT2D eigenvalue weighted by molar-refractivity contribution is 7.96. The molecule has 1 N–H and O–H groups in total. The maximum Gasteiger partial charge on any atom is 0.276 e. The van der Waals surface area contributed by atoms with Gasteiger partial charge >= 0.3 is 0 Å². The zero-order valence-corrected chi connectivity index (χ0v) is 8.16. The van der Waals surface area contributed by atoms with Crippen molar-refractivity contribution in [2.45, 2.75) is 45.6 Å². The highest BCUT2D eigenvalue weighted by Crippen LogP contribution is 2.04. The Kier molecular flexibility index (Phi) is 6.42. The van der Waals surface area contributed by atoms with Crippen molar-refractivity contribution < 1.29 is 4.79 Å². The van der Waals surface area contributed by atoms with Crippen LogP contribution in [0, 0.1) is 0 Å². The molecule has 0 spiro atoms. The minimum atomic E-state index is -0.211. The summed E-state index contributed by atoms with van der Waals surface area (Å²) in [4.78, 5) is 10.6. The Morgan fingerprint density at radius 1 is 1.36 bits per heavy atom. The third-order valence-corrected chi connectivity index (χ3v) is 1.73. The minimum Gasteiger partial charge on any atom is -0.344 e. The number of thiol groups is 1. The number of carbonyl (C=O) groups is 1. The largest absolute Gasteiger partial charge is 0.344 e. The molecule has 0 radical (unpaired) electrons. The molecule has 66 valence electrons. The lowest BCUT2D eigenvalue weighted by Crippen LogP contribution is -2.30. The molecule has 0 heterocycles. The van der Waals surface area contributed by atoms with E-state index >= 15 is 0 Å². The fourth-order valence-corrected chi connectivity index (χ4v) is 1.34. The number of carbonyl (C=O) groups excluding carboxylic acids is 1. The minimum absolute atomic E-state index is 0.211. The van der Waals surface area contributed by atoms with Crippen LogP contribution < -0.4 is 5.32 Å². The van der Waals surface area contributed by atoms with Crippen molar-refractivity contribution in [2.24, 2.45) is 0 Å². The van der Waals surface area contributed by atoms with Gasteiger partial charge in [-0.25, -0.2) is 0 Å². The van der Waals surface area contributed by atoms with Crippen LogP contribution in [0.5, 0.6) is 0 Å². The molecule has 0 atom stereocenters. The summed E-state index contributed by atoms with van der Waals surface area (Å²) in [5, 5.41) is 2.60. The standard InChI is InChI=1S/C8H17NOS/c1-3-5-7(6-4-2)9-8(10)11/h7H,3-6H2,1-2H3,(H2,9,10,11). The molecule has 0 aliphatic heterocycles. The summed E-state index contributed by atoms with van der Waals surface area (Å²) < 4.78 is 0.